The number of carbonyl (C=O) groups excluding carboxylic acids is 1. The van der Waals surface area contributed by atoms with Crippen molar-refractivity contribution < 1.29 is 4.79 Å². The molecule has 0 aliphatic heterocycles. The van der Waals surface area contributed by atoms with Crippen LogP contribution in [0.2, 0.25) is 5.82 Å². The number of Topliss-reactive ketones (excluding diaryl/α,β-unsaturated/α-hetero) is 1. The highest BCUT2D eigenvalue weighted by Crippen LogP contribution is 2.62. The van der Waals surface area contributed by atoms with Crippen molar-refractivity contribution in [2.75, 3.05) is 0 Å². The fraction of sp³-hybridized carbons (Fsp3) is 0.923. The largest absolute Gasteiger partial charge is 0.300 e. The first kappa shape index (κ1) is 11.2. The summed E-state index contributed by atoms with van der Waals surface area (Å²) in [6.45, 7) is 6.54. The van der Waals surface area contributed by atoms with E-state index < -0.39 is 0 Å². The van der Waals surface area contributed by atoms with Crippen molar-refractivity contribution in [1.29, 1.82) is 0 Å². The Morgan fingerprint density at radius 3 is 2.47 bits per heavy atom. The van der Waals surface area contributed by atoms with Gasteiger partial charge in [-0.15, -0.1) is 0 Å². The Balaban J connectivity index is 2.14. The lowest BCUT2D eigenvalue weighted by Gasteiger charge is -2.38. The molecule has 84 valence electrons. The second kappa shape index (κ2) is 3.64. The quantitative estimate of drug-likeness (QED) is 0.634. The van der Waals surface area contributed by atoms with Crippen molar-refractivity contribution in [3.05, 3.63) is 0 Å². The summed E-state index contributed by atoms with van der Waals surface area (Å²) in [4.78, 5) is 11.7. The van der Waals surface area contributed by atoms with E-state index in [0.29, 0.717) is 23.0 Å². The number of carbonyl (C=O) groups is 1. The molecule has 2 aliphatic carbocycles. The molecule has 2 fully saturated rings. The average molecular weight is 206 g/mol. The van der Waals surface area contributed by atoms with Gasteiger partial charge in [0, 0.05) is 5.92 Å². The normalized spacial score (nSPS) is 50.1. The summed E-state index contributed by atoms with van der Waals surface area (Å²) in [6.07, 6.45) is 5.02. The molecule has 0 aromatic rings. The zero-order chi connectivity index (χ0) is 11.2. The lowest BCUT2D eigenvalue weighted by molar-refractivity contribution is -0.124. The van der Waals surface area contributed by atoms with Gasteiger partial charge < -0.3 is 0 Å². The summed E-state index contributed by atoms with van der Waals surface area (Å²) in [5.74, 6) is 3.15. The molecule has 0 spiro atoms. The van der Waals surface area contributed by atoms with Crippen LogP contribution in [0.5, 0.6) is 0 Å². The van der Waals surface area contributed by atoms with Crippen LogP contribution in [0.4, 0.5) is 0 Å². The van der Waals surface area contributed by atoms with Crippen molar-refractivity contribution in [3.8, 4) is 0 Å². The predicted octanol–water partition coefficient (Wildman–Crippen LogP) is 2.46. The van der Waals surface area contributed by atoms with Gasteiger partial charge in [0.15, 0.2) is 0 Å². The molecule has 2 aliphatic rings. The number of hydrogen-bond donors (Lipinski definition) is 0. The third-order valence-electron chi connectivity index (χ3n) is 5.19. The van der Waals surface area contributed by atoms with E-state index >= 15 is 0 Å². The maximum Gasteiger partial charge on any atom is 0.133 e. The molecule has 5 atom stereocenters. The SMILES string of the molecule is B[C@@H]1CCC(C(C)=O)C(C2(C)C[C@@H]2C)C1. The lowest BCUT2D eigenvalue weighted by Crippen LogP contribution is -2.33. The van der Waals surface area contributed by atoms with Crippen LogP contribution >= 0.6 is 0 Å². The van der Waals surface area contributed by atoms with Crippen molar-refractivity contribution >= 4 is 13.6 Å². The van der Waals surface area contributed by atoms with Gasteiger partial charge in [-0.2, -0.15) is 0 Å². The first-order valence-electron chi connectivity index (χ1n) is 6.45. The summed E-state index contributed by atoms with van der Waals surface area (Å²) in [5.41, 5.74) is 0.491. The van der Waals surface area contributed by atoms with Crippen molar-refractivity contribution in [2.45, 2.75) is 52.3 Å². The molecular weight excluding hydrogens is 183 g/mol. The second-order valence-electron chi connectivity index (χ2n) is 6.35. The molecule has 0 N–H and O–H groups in total. The molecule has 2 saturated carbocycles. The predicted molar refractivity (Wildman–Crippen MR) is 65.7 cm³/mol. The van der Waals surface area contributed by atoms with E-state index in [0.717, 1.165) is 18.2 Å². The fourth-order valence-electron chi connectivity index (χ4n) is 3.71. The minimum Gasteiger partial charge on any atom is -0.300 e. The van der Waals surface area contributed by atoms with Crippen molar-refractivity contribution in [3.63, 3.8) is 0 Å². The van der Waals surface area contributed by atoms with Crippen molar-refractivity contribution in [1.82, 2.24) is 0 Å². The Kier molecular flexibility index (Phi) is 2.73. The Labute approximate surface area is 94.4 Å². The van der Waals surface area contributed by atoms with E-state index in [1.807, 2.05) is 0 Å². The monoisotopic (exact) mass is 206 g/mol. The summed E-state index contributed by atoms with van der Waals surface area (Å²) < 4.78 is 0. The molecule has 15 heavy (non-hydrogen) atoms. The van der Waals surface area contributed by atoms with E-state index in [1.54, 1.807) is 6.92 Å². The van der Waals surface area contributed by atoms with E-state index in [9.17, 15) is 4.79 Å². The highest BCUT2D eigenvalue weighted by Gasteiger charge is 2.55. The molecule has 2 heteroatoms. The number of rotatable bonds is 2. The lowest BCUT2D eigenvalue weighted by atomic mass is 9.61. The second-order valence-corrected chi connectivity index (χ2v) is 6.35. The minimum absolute atomic E-state index is 0.371. The Morgan fingerprint density at radius 2 is 2.00 bits per heavy atom. The van der Waals surface area contributed by atoms with Crippen LogP contribution in [-0.2, 0) is 4.79 Å². The summed E-state index contributed by atoms with van der Waals surface area (Å²) >= 11 is 0. The molecule has 0 bridgehead atoms. The molecule has 0 saturated heterocycles. The first-order chi connectivity index (χ1) is 6.95. The van der Waals surface area contributed by atoms with Gasteiger partial charge in [-0.05, 0) is 37.0 Å². The first-order valence-corrected chi connectivity index (χ1v) is 6.45. The Morgan fingerprint density at radius 1 is 1.40 bits per heavy atom. The van der Waals surface area contributed by atoms with E-state index in [-0.39, 0.29) is 0 Å². The average Bonchev–Trinajstić information content (AvgIpc) is 2.75. The molecule has 3 unspecified atom stereocenters. The summed E-state index contributed by atoms with van der Waals surface area (Å²) in [6, 6.07) is 0. The summed E-state index contributed by atoms with van der Waals surface area (Å²) in [5, 5.41) is 0. The van der Waals surface area contributed by atoms with Crippen LogP contribution in [0.25, 0.3) is 0 Å². The third kappa shape index (κ3) is 1.88. The van der Waals surface area contributed by atoms with Crippen molar-refractivity contribution in [2.24, 2.45) is 23.2 Å². The van der Waals surface area contributed by atoms with Crippen LogP contribution in [0, 0.1) is 23.2 Å². The third-order valence-corrected chi connectivity index (χ3v) is 5.19. The molecule has 0 heterocycles. The number of hydrogen-bond acceptors (Lipinski definition) is 1. The van der Waals surface area contributed by atoms with Gasteiger partial charge >= 0.3 is 0 Å². The van der Waals surface area contributed by atoms with Crippen LogP contribution in [0.1, 0.15) is 46.5 Å². The van der Waals surface area contributed by atoms with Gasteiger partial charge in [0.2, 0.25) is 0 Å². The molecule has 0 aromatic heterocycles. The van der Waals surface area contributed by atoms with Gasteiger partial charge in [-0.25, -0.2) is 0 Å². The molecule has 2 rings (SSSR count). The Bertz CT molecular complexity index is 276. The minimum atomic E-state index is 0.371. The maximum atomic E-state index is 11.7. The standard InChI is InChI=1S/C13H23BO/c1-8-7-13(8,3)12-6-10(14)4-5-11(12)9(2)15/h8,10-12H,4-7,14H2,1-3H3/t8-,10+,11?,12?,13?/m0/s1. The zero-order valence-electron chi connectivity index (χ0n) is 10.5. The van der Waals surface area contributed by atoms with Crippen LogP contribution < -0.4 is 0 Å². The van der Waals surface area contributed by atoms with E-state index in [1.165, 1.54) is 19.3 Å². The van der Waals surface area contributed by atoms with Crippen LogP contribution in [0.3, 0.4) is 0 Å². The van der Waals surface area contributed by atoms with Gasteiger partial charge in [-0.1, -0.05) is 32.5 Å². The molecule has 0 radical (unpaired) electrons. The van der Waals surface area contributed by atoms with Gasteiger partial charge in [0.1, 0.15) is 13.6 Å². The van der Waals surface area contributed by atoms with E-state index in [2.05, 4.69) is 21.7 Å². The van der Waals surface area contributed by atoms with Crippen LogP contribution in [-0.4, -0.2) is 13.6 Å². The molecule has 0 amide bonds. The smallest absolute Gasteiger partial charge is 0.133 e. The fourth-order valence-corrected chi connectivity index (χ4v) is 3.71. The van der Waals surface area contributed by atoms with Gasteiger partial charge in [-0.3, -0.25) is 4.79 Å². The topological polar surface area (TPSA) is 17.1 Å². The molecule has 1 nitrogen and oxygen atoms in total. The van der Waals surface area contributed by atoms with Crippen LogP contribution in [0.15, 0.2) is 0 Å². The summed E-state index contributed by atoms with van der Waals surface area (Å²) in [7, 11) is 2.35. The van der Waals surface area contributed by atoms with Gasteiger partial charge in [0.25, 0.3) is 0 Å². The maximum absolute atomic E-state index is 11.7. The molecular formula is C13H23BO. The highest BCUT2D eigenvalue weighted by atomic mass is 16.1. The molecule has 0 aromatic carbocycles. The Hall–Kier alpha value is -0.265. The highest BCUT2D eigenvalue weighted by molar-refractivity contribution is 6.11. The number of ketones is 1. The van der Waals surface area contributed by atoms with E-state index in [4.69, 9.17) is 0 Å². The van der Waals surface area contributed by atoms with Gasteiger partial charge in [0.05, 0.1) is 0 Å². The zero-order valence-corrected chi connectivity index (χ0v) is 10.5.